The Balaban J connectivity index is 1.95. The van der Waals surface area contributed by atoms with Gasteiger partial charge < -0.3 is 15.0 Å². The Morgan fingerprint density at radius 1 is 1.41 bits per heavy atom. The van der Waals surface area contributed by atoms with Crippen molar-refractivity contribution in [3.63, 3.8) is 0 Å². The number of nitrogens with one attached hydrogen (secondary N) is 1. The van der Waals surface area contributed by atoms with Gasteiger partial charge in [-0.1, -0.05) is 30.1 Å². The Labute approximate surface area is 141 Å². The van der Waals surface area contributed by atoms with Crippen LogP contribution in [-0.4, -0.2) is 43.1 Å². The van der Waals surface area contributed by atoms with Crippen molar-refractivity contribution in [1.82, 2.24) is 10.2 Å². The van der Waals surface area contributed by atoms with E-state index in [1.54, 1.807) is 18.2 Å². The summed E-state index contributed by atoms with van der Waals surface area (Å²) in [5.41, 5.74) is 0. The van der Waals surface area contributed by atoms with E-state index in [0.29, 0.717) is 22.2 Å². The normalized spacial score (nSPS) is 18.0. The summed E-state index contributed by atoms with van der Waals surface area (Å²) in [5, 5.41) is 4.06. The molecule has 1 aliphatic heterocycles. The van der Waals surface area contributed by atoms with Crippen molar-refractivity contribution in [1.29, 1.82) is 0 Å². The maximum absolute atomic E-state index is 12.4. The van der Waals surface area contributed by atoms with Gasteiger partial charge in [0.1, 0.15) is 5.75 Å². The molecule has 122 valence electrons. The molecule has 0 aromatic heterocycles. The summed E-state index contributed by atoms with van der Waals surface area (Å²) in [5.74, 6) is 0.354. The fourth-order valence-corrected chi connectivity index (χ4v) is 2.81. The largest absolute Gasteiger partial charge is 0.479 e. The van der Waals surface area contributed by atoms with Gasteiger partial charge in [0, 0.05) is 17.1 Å². The lowest BCUT2D eigenvalue weighted by Gasteiger charge is -2.30. The van der Waals surface area contributed by atoms with Crippen molar-refractivity contribution in [3.8, 4) is 5.75 Å². The summed E-state index contributed by atoms with van der Waals surface area (Å²) in [4.78, 5) is 14.7. The smallest absolute Gasteiger partial charge is 0.261 e. The fraction of sp³-hybridized carbons (Fsp3) is 0.562. The zero-order valence-electron chi connectivity index (χ0n) is 12.9. The highest BCUT2D eigenvalue weighted by atomic mass is 35.5. The van der Waals surface area contributed by atoms with Crippen LogP contribution in [-0.2, 0) is 4.79 Å². The maximum atomic E-state index is 12.4. The molecule has 0 aliphatic carbocycles. The van der Waals surface area contributed by atoms with Gasteiger partial charge in [0.2, 0.25) is 0 Å². The van der Waals surface area contributed by atoms with Crippen LogP contribution in [0.4, 0.5) is 0 Å². The molecule has 0 bridgehead atoms. The number of ether oxygens (including phenoxy) is 1. The van der Waals surface area contributed by atoms with Crippen molar-refractivity contribution < 1.29 is 9.53 Å². The second-order valence-electron chi connectivity index (χ2n) is 5.68. The van der Waals surface area contributed by atoms with E-state index in [-0.39, 0.29) is 11.9 Å². The molecule has 1 aliphatic rings. The van der Waals surface area contributed by atoms with Gasteiger partial charge in [-0.3, -0.25) is 4.79 Å². The predicted molar refractivity (Wildman–Crippen MR) is 89.8 cm³/mol. The second-order valence-corrected chi connectivity index (χ2v) is 6.52. The van der Waals surface area contributed by atoms with Crippen molar-refractivity contribution >= 4 is 29.1 Å². The Hall–Kier alpha value is -0.970. The Kier molecular flexibility index (Phi) is 6.36. The predicted octanol–water partition coefficient (Wildman–Crippen LogP) is 3.36. The molecule has 1 N–H and O–H groups in total. The lowest BCUT2D eigenvalue weighted by atomic mass is 10.1. The van der Waals surface area contributed by atoms with E-state index < -0.39 is 6.10 Å². The van der Waals surface area contributed by atoms with E-state index in [1.165, 1.54) is 0 Å². The van der Waals surface area contributed by atoms with E-state index in [2.05, 4.69) is 17.3 Å². The number of halogens is 2. The molecular formula is C16H22Cl2N2O2. The van der Waals surface area contributed by atoms with E-state index in [9.17, 15) is 4.79 Å². The molecule has 0 saturated carbocycles. The van der Waals surface area contributed by atoms with Crippen molar-refractivity contribution in [3.05, 3.63) is 28.2 Å². The monoisotopic (exact) mass is 344 g/mol. The van der Waals surface area contributed by atoms with Crippen molar-refractivity contribution in [2.75, 3.05) is 20.1 Å². The SMILES string of the molecule is CCC(Oc1cc(Cl)ccc1Cl)C(=O)NC1CCN(C)CC1. The van der Waals surface area contributed by atoms with Crippen LogP contribution in [0.2, 0.25) is 10.0 Å². The molecule has 1 aromatic rings. The lowest BCUT2D eigenvalue weighted by molar-refractivity contribution is -0.129. The minimum Gasteiger partial charge on any atom is -0.479 e. The van der Waals surface area contributed by atoms with E-state index in [4.69, 9.17) is 27.9 Å². The molecule has 0 spiro atoms. The Bertz CT molecular complexity index is 517. The molecule has 1 aromatic carbocycles. The number of likely N-dealkylation sites (tertiary alicyclic amines) is 1. The van der Waals surface area contributed by atoms with Gasteiger partial charge in [-0.15, -0.1) is 0 Å². The lowest BCUT2D eigenvalue weighted by Crippen LogP contribution is -2.47. The molecule has 1 saturated heterocycles. The summed E-state index contributed by atoms with van der Waals surface area (Å²) < 4.78 is 5.76. The number of hydrogen-bond donors (Lipinski definition) is 1. The van der Waals surface area contributed by atoms with Crippen LogP contribution in [0.15, 0.2) is 18.2 Å². The number of amides is 1. The average Bonchev–Trinajstić information content (AvgIpc) is 2.50. The summed E-state index contributed by atoms with van der Waals surface area (Å²) >= 11 is 12.0. The van der Waals surface area contributed by atoms with Crippen LogP contribution in [0.1, 0.15) is 26.2 Å². The molecule has 1 heterocycles. The van der Waals surface area contributed by atoms with Gasteiger partial charge in [-0.05, 0) is 51.5 Å². The first-order valence-electron chi connectivity index (χ1n) is 7.60. The Morgan fingerprint density at radius 3 is 2.73 bits per heavy atom. The second kappa shape index (κ2) is 8.04. The molecule has 6 heteroatoms. The number of piperidine rings is 1. The third-order valence-electron chi connectivity index (χ3n) is 3.89. The van der Waals surface area contributed by atoms with Crippen LogP contribution in [0.25, 0.3) is 0 Å². The molecule has 1 amide bonds. The van der Waals surface area contributed by atoms with E-state index in [1.807, 2.05) is 6.92 Å². The first-order chi connectivity index (χ1) is 10.5. The third-order valence-corrected chi connectivity index (χ3v) is 4.44. The number of carbonyl (C=O) groups is 1. The van der Waals surface area contributed by atoms with Gasteiger partial charge in [0.05, 0.1) is 5.02 Å². The summed E-state index contributed by atoms with van der Waals surface area (Å²) in [6, 6.07) is 5.21. The minimum atomic E-state index is -0.560. The number of carbonyl (C=O) groups excluding carboxylic acids is 1. The number of nitrogens with zero attached hydrogens (tertiary/aromatic N) is 1. The van der Waals surface area contributed by atoms with E-state index >= 15 is 0 Å². The number of rotatable bonds is 5. The van der Waals surface area contributed by atoms with Crippen LogP contribution in [0, 0.1) is 0 Å². The molecule has 1 unspecified atom stereocenters. The van der Waals surface area contributed by atoms with Crippen LogP contribution in [0.5, 0.6) is 5.75 Å². The first kappa shape index (κ1) is 17.4. The fourth-order valence-electron chi connectivity index (χ4n) is 2.49. The highest BCUT2D eigenvalue weighted by Crippen LogP contribution is 2.29. The Morgan fingerprint density at radius 2 is 2.09 bits per heavy atom. The zero-order valence-corrected chi connectivity index (χ0v) is 14.5. The summed E-state index contributed by atoms with van der Waals surface area (Å²) in [6.07, 6.45) is 1.95. The molecule has 4 nitrogen and oxygen atoms in total. The van der Waals surface area contributed by atoms with Crippen LogP contribution >= 0.6 is 23.2 Å². The molecule has 22 heavy (non-hydrogen) atoms. The highest BCUT2D eigenvalue weighted by Gasteiger charge is 2.24. The maximum Gasteiger partial charge on any atom is 0.261 e. The molecule has 1 fully saturated rings. The average molecular weight is 345 g/mol. The van der Waals surface area contributed by atoms with Crippen molar-refractivity contribution in [2.45, 2.75) is 38.3 Å². The number of hydrogen-bond acceptors (Lipinski definition) is 3. The highest BCUT2D eigenvalue weighted by molar-refractivity contribution is 6.34. The minimum absolute atomic E-state index is 0.0897. The van der Waals surface area contributed by atoms with Gasteiger partial charge in [-0.25, -0.2) is 0 Å². The zero-order chi connectivity index (χ0) is 16.1. The van der Waals surface area contributed by atoms with Gasteiger partial charge >= 0.3 is 0 Å². The first-order valence-corrected chi connectivity index (χ1v) is 8.35. The summed E-state index contributed by atoms with van der Waals surface area (Å²) in [7, 11) is 2.09. The topological polar surface area (TPSA) is 41.6 Å². The molecule has 1 atom stereocenters. The number of benzene rings is 1. The summed E-state index contributed by atoms with van der Waals surface area (Å²) in [6.45, 7) is 3.92. The van der Waals surface area contributed by atoms with Gasteiger partial charge in [-0.2, -0.15) is 0 Å². The van der Waals surface area contributed by atoms with Gasteiger partial charge in [0.25, 0.3) is 5.91 Å². The van der Waals surface area contributed by atoms with Gasteiger partial charge in [0.15, 0.2) is 6.10 Å². The van der Waals surface area contributed by atoms with Crippen molar-refractivity contribution in [2.24, 2.45) is 0 Å². The molecule has 2 rings (SSSR count). The van der Waals surface area contributed by atoms with Crippen LogP contribution in [0.3, 0.4) is 0 Å². The van der Waals surface area contributed by atoms with Crippen LogP contribution < -0.4 is 10.1 Å². The molecule has 0 radical (unpaired) electrons. The quantitative estimate of drug-likeness (QED) is 0.890. The standard InChI is InChI=1S/C16H22Cl2N2O2/c1-3-14(22-15-10-11(17)4-5-13(15)18)16(21)19-12-6-8-20(2)9-7-12/h4-5,10,12,14H,3,6-9H2,1-2H3,(H,19,21). The van der Waals surface area contributed by atoms with E-state index in [0.717, 1.165) is 25.9 Å². The third kappa shape index (κ3) is 4.77. The molecular weight excluding hydrogens is 323 g/mol.